The van der Waals surface area contributed by atoms with Gasteiger partial charge in [-0.15, -0.1) is 0 Å². The Kier molecular flexibility index (Phi) is 3.21. The van der Waals surface area contributed by atoms with E-state index in [0.717, 1.165) is 28.1 Å². The molecule has 0 saturated heterocycles. The maximum atomic E-state index is 5.99. The summed E-state index contributed by atoms with van der Waals surface area (Å²) < 4.78 is 12.9. The average Bonchev–Trinajstić information content (AvgIpc) is 2.69. The van der Waals surface area contributed by atoms with Crippen molar-refractivity contribution in [1.29, 1.82) is 0 Å². The van der Waals surface area contributed by atoms with E-state index >= 15 is 0 Å². The Bertz CT molecular complexity index is 668. The fraction of sp³-hybridized carbons (Fsp3) is 0.312. The molecule has 0 atom stereocenters. The highest BCUT2D eigenvalue weighted by molar-refractivity contribution is 9.10. The minimum absolute atomic E-state index is 0.176. The van der Waals surface area contributed by atoms with Gasteiger partial charge in [-0.25, -0.2) is 4.98 Å². The summed E-state index contributed by atoms with van der Waals surface area (Å²) in [6.45, 7) is 6.10. The van der Waals surface area contributed by atoms with Crippen molar-refractivity contribution in [3.63, 3.8) is 0 Å². The van der Waals surface area contributed by atoms with Crippen LogP contribution in [-0.4, -0.2) is 10.6 Å². The van der Waals surface area contributed by atoms with Gasteiger partial charge in [0.2, 0.25) is 5.88 Å². The first-order valence-corrected chi connectivity index (χ1v) is 7.36. The molecule has 1 aromatic carbocycles. The van der Waals surface area contributed by atoms with Gasteiger partial charge >= 0.3 is 0 Å². The minimum Gasteiger partial charge on any atom is -0.483 e. The van der Waals surface area contributed by atoms with Gasteiger partial charge in [0.25, 0.3) is 0 Å². The fourth-order valence-electron chi connectivity index (χ4n) is 2.36. The van der Waals surface area contributed by atoms with Crippen LogP contribution in [0.5, 0.6) is 17.4 Å². The van der Waals surface area contributed by atoms with Crippen LogP contribution < -0.4 is 9.47 Å². The molecule has 0 fully saturated rings. The van der Waals surface area contributed by atoms with E-state index in [1.165, 1.54) is 5.56 Å². The highest BCUT2D eigenvalue weighted by Crippen LogP contribution is 2.43. The number of benzene rings is 1. The molecule has 3 nitrogen and oxygen atoms in total. The second kappa shape index (κ2) is 4.77. The summed E-state index contributed by atoms with van der Waals surface area (Å²) >= 11 is 3.44. The molecule has 0 spiro atoms. The smallest absolute Gasteiger partial charge is 0.219 e. The van der Waals surface area contributed by atoms with Crippen LogP contribution in [0.25, 0.3) is 0 Å². The van der Waals surface area contributed by atoms with E-state index in [0.29, 0.717) is 5.88 Å². The highest BCUT2D eigenvalue weighted by atomic mass is 79.9. The van der Waals surface area contributed by atoms with Crippen LogP contribution in [0, 0.1) is 6.92 Å². The van der Waals surface area contributed by atoms with Crippen molar-refractivity contribution in [2.75, 3.05) is 0 Å². The van der Waals surface area contributed by atoms with Gasteiger partial charge in [0.15, 0.2) is 11.5 Å². The molecule has 0 radical (unpaired) electrons. The largest absolute Gasteiger partial charge is 0.483 e. The minimum atomic E-state index is -0.176. The number of halogens is 1. The Morgan fingerprint density at radius 1 is 1.25 bits per heavy atom. The Morgan fingerprint density at radius 3 is 2.80 bits per heavy atom. The number of hydrogen-bond acceptors (Lipinski definition) is 3. The summed E-state index contributed by atoms with van der Waals surface area (Å²) in [5, 5.41) is 0. The summed E-state index contributed by atoms with van der Waals surface area (Å²) in [4.78, 5) is 4.41. The van der Waals surface area contributed by atoms with Gasteiger partial charge in [-0.05, 0) is 48.8 Å². The normalized spacial score (nSPS) is 15.6. The number of fused-ring (bicyclic) bond motifs is 1. The summed E-state index contributed by atoms with van der Waals surface area (Å²) in [6, 6.07) is 9.77. The highest BCUT2D eigenvalue weighted by Gasteiger charge is 2.32. The molecule has 0 amide bonds. The van der Waals surface area contributed by atoms with Crippen LogP contribution in [0.2, 0.25) is 0 Å². The zero-order valence-electron chi connectivity index (χ0n) is 11.7. The molecule has 0 saturated carbocycles. The molecule has 0 unspecified atom stereocenters. The summed E-state index contributed by atoms with van der Waals surface area (Å²) in [5.41, 5.74) is 1.91. The van der Waals surface area contributed by atoms with Crippen molar-refractivity contribution in [3.05, 3.63) is 46.1 Å². The number of ether oxygens (including phenoxy) is 2. The lowest BCUT2D eigenvalue weighted by atomic mass is 10.0. The number of pyridine rings is 1. The quantitative estimate of drug-likeness (QED) is 0.800. The predicted octanol–water partition coefficient (Wildman–Crippen LogP) is 4.66. The first kappa shape index (κ1) is 13.4. The molecule has 104 valence electrons. The fourth-order valence-corrected chi connectivity index (χ4v) is 2.58. The average molecular weight is 334 g/mol. The third-order valence-corrected chi connectivity index (χ3v) is 4.10. The molecule has 0 aliphatic carbocycles. The second-order valence-electron chi connectivity index (χ2n) is 5.60. The van der Waals surface area contributed by atoms with E-state index in [4.69, 9.17) is 9.47 Å². The first-order chi connectivity index (χ1) is 9.44. The zero-order valence-corrected chi connectivity index (χ0v) is 13.3. The van der Waals surface area contributed by atoms with Crippen molar-refractivity contribution < 1.29 is 9.47 Å². The molecule has 1 aromatic heterocycles. The van der Waals surface area contributed by atoms with Gasteiger partial charge in [0.1, 0.15) is 5.60 Å². The molecule has 0 N–H and O–H groups in total. The van der Waals surface area contributed by atoms with Crippen LogP contribution in [0.4, 0.5) is 0 Å². The Labute approximate surface area is 127 Å². The SMILES string of the molecule is Cc1nc(Oc2cccc3c2OC(C)(C)C3)ccc1Br. The van der Waals surface area contributed by atoms with Crippen molar-refractivity contribution in [3.8, 4) is 17.4 Å². The number of aromatic nitrogens is 1. The maximum absolute atomic E-state index is 5.99. The Morgan fingerprint density at radius 2 is 2.05 bits per heavy atom. The Hall–Kier alpha value is -1.55. The molecule has 1 aliphatic heterocycles. The topological polar surface area (TPSA) is 31.4 Å². The van der Waals surface area contributed by atoms with E-state index in [1.807, 2.05) is 31.2 Å². The summed E-state index contributed by atoms with van der Waals surface area (Å²) in [5.74, 6) is 2.13. The third-order valence-electron chi connectivity index (χ3n) is 3.27. The molecule has 2 aromatic rings. The lowest BCUT2D eigenvalue weighted by molar-refractivity contribution is 0.135. The zero-order chi connectivity index (χ0) is 14.3. The van der Waals surface area contributed by atoms with Crippen molar-refractivity contribution in [1.82, 2.24) is 4.98 Å². The number of nitrogens with zero attached hydrogens (tertiary/aromatic N) is 1. The molecule has 1 aliphatic rings. The van der Waals surface area contributed by atoms with E-state index < -0.39 is 0 Å². The van der Waals surface area contributed by atoms with E-state index in [1.54, 1.807) is 0 Å². The predicted molar refractivity (Wildman–Crippen MR) is 81.6 cm³/mol. The van der Waals surface area contributed by atoms with Gasteiger partial charge < -0.3 is 9.47 Å². The third kappa shape index (κ3) is 2.52. The molecular formula is C16H16BrNO2. The van der Waals surface area contributed by atoms with Crippen molar-refractivity contribution >= 4 is 15.9 Å². The number of hydrogen-bond donors (Lipinski definition) is 0. The van der Waals surface area contributed by atoms with Gasteiger partial charge in [0.05, 0.1) is 5.69 Å². The van der Waals surface area contributed by atoms with E-state index in [2.05, 4.69) is 40.8 Å². The maximum Gasteiger partial charge on any atom is 0.219 e. The monoisotopic (exact) mass is 333 g/mol. The van der Waals surface area contributed by atoms with Crippen LogP contribution in [0.1, 0.15) is 25.1 Å². The molecule has 4 heteroatoms. The van der Waals surface area contributed by atoms with Crippen LogP contribution in [0.15, 0.2) is 34.8 Å². The molecule has 20 heavy (non-hydrogen) atoms. The van der Waals surface area contributed by atoms with Crippen molar-refractivity contribution in [2.24, 2.45) is 0 Å². The molecular weight excluding hydrogens is 318 g/mol. The molecule has 0 bridgehead atoms. The first-order valence-electron chi connectivity index (χ1n) is 6.56. The van der Waals surface area contributed by atoms with Crippen LogP contribution >= 0.6 is 15.9 Å². The van der Waals surface area contributed by atoms with Crippen LogP contribution in [-0.2, 0) is 6.42 Å². The lowest BCUT2D eigenvalue weighted by Crippen LogP contribution is -2.24. The number of rotatable bonds is 2. The summed E-state index contributed by atoms with van der Waals surface area (Å²) in [6.07, 6.45) is 0.895. The van der Waals surface area contributed by atoms with Gasteiger partial charge in [0, 0.05) is 22.5 Å². The Balaban J connectivity index is 1.93. The summed E-state index contributed by atoms with van der Waals surface area (Å²) in [7, 11) is 0. The van der Waals surface area contributed by atoms with E-state index in [-0.39, 0.29) is 5.60 Å². The van der Waals surface area contributed by atoms with Crippen LogP contribution in [0.3, 0.4) is 0 Å². The van der Waals surface area contributed by atoms with Gasteiger partial charge in [-0.2, -0.15) is 0 Å². The number of para-hydroxylation sites is 1. The van der Waals surface area contributed by atoms with Gasteiger partial charge in [-0.3, -0.25) is 0 Å². The van der Waals surface area contributed by atoms with E-state index in [9.17, 15) is 0 Å². The number of aryl methyl sites for hydroxylation is 1. The molecule has 2 heterocycles. The van der Waals surface area contributed by atoms with Gasteiger partial charge in [-0.1, -0.05) is 12.1 Å². The molecule has 3 rings (SSSR count). The van der Waals surface area contributed by atoms with Crippen molar-refractivity contribution in [2.45, 2.75) is 32.8 Å². The second-order valence-corrected chi connectivity index (χ2v) is 6.46. The lowest BCUT2D eigenvalue weighted by Gasteiger charge is -2.18. The standard InChI is InChI=1S/C16H16BrNO2/c1-10-12(17)7-8-14(18-10)19-13-6-4-5-11-9-16(2,3)20-15(11)13/h4-8H,9H2,1-3H3.